The molecule has 0 saturated carbocycles. The molecule has 1 aromatic heterocycles. The molecule has 0 atom stereocenters. The van der Waals surface area contributed by atoms with Crippen LogP contribution in [0.3, 0.4) is 0 Å². The molecule has 0 unspecified atom stereocenters. The van der Waals surface area contributed by atoms with Gasteiger partial charge in [0.2, 0.25) is 0 Å². The van der Waals surface area contributed by atoms with E-state index in [1.54, 1.807) is 0 Å². The first kappa shape index (κ1) is 9.21. The Balaban J connectivity index is 0.000000371. The smallest absolute Gasteiger partial charge is 0.191 e. The highest BCUT2D eigenvalue weighted by Crippen LogP contribution is 2.05. The van der Waals surface area contributed by atoms with Crippen molar-refractivity contribution < 1.29 is 4.42 Å². The fraction of sp³-hybridized carbons (Fsp3) is 0.625. The Hall–Kier alpha value is -0.790. The summed E-state index contributed by atoms with van der Waals surface area (Å²) in [6, 6.07) is 0. The van der Waals surface area contributed by atoms with Gasteiger partial charge in [0, 0.05) is 6.92 Å². The molecule has 0 spiro atoms. The van der Waals surface area contributed by atoms with E-state index in [4.69, 9.17) is 4.42 Å². The third-order valence-corrected chi connectivity index (χ3v) is 1.14. The van der Waals surface area contributed by atoms with Crippen molar-refractivity contribution in [1.29, 1.82) is 0 Å². The van der Waals surface area contributed by atoms with Crippen LogP contribution in [-0.2, 0) is 0 Å². The minimum Gasteiger partial charge on any atom is -0.446 e. The van der Waals surface area contributed by atoms with Gasteiger partial charge in [-0.3, -0.25) is 0 Å². The number of hydrogen-bond acceptors (Lipinski definition) is 2. The summed E-state index contributed by atoms with van der Waals surface area (Å²) in [5.41, 5.74) is 0.988. The molecule has 10 heavy (non-hydrogen) atoms. The lowest BCUT2D eigenvalue weighted by atomic mass is 10.4. The van der Waals surface area contributed by atoms with Crippen molar-refractivity contribution >= 4 is 0 Å². The molecule has 0 fully saturated rings. The van der Waals surface area contributed by atoms with Crippen LogP contribution in [-0.4, -0.2) is 4.98 Å². The standard InChI is InChI=1S/C6H9NO.C2H6/c1-4-5(2)8-6(3)7-4;1-2/h1-3H3;1-2H3. The molecule has 0 aliphatic carbocycles. The van der Waals surface area contributed by atoms with Crippen molar-refractivity contribution in [3.63, 3.8) is 0 Å². The fourth-order valence-corrected chi connectivity index (χ4v) is 0.633. The van der Waals surface area contributed by atoms with E-state index in [2.05, 4.69) is 4.98 Å². The quantitative estimate of drug-likeness (QED) is 0.555. The van der Waals surface area contributed by atoms with Crippen LogP contribution >= 0.6 is 0 Å². The molecule has 0 bridgehead atoms. The highest BCUT2D eigenvalue weighted by molar-refractivity contribution is 5.03. The highest BCUT2D eigenvalue weighted by Gasteiger charge is 1.97. The van der Waals surface area contributed by atoms with Gasteiger partial charge in [-0.15, -0.1) is 0 Å². The van der Waals surface area contributed by atoms with Crippen LogP contribution in [0.5, 0.6) is 0 Å². The first-order valence-electron chi connectivity index (χ1n) is 3.61. The average molecular weight is 141 g/mol. The lowest BCUT2D eigenvalue weighted by Crippen LogP contribution is -1.71. The molecule has 2 nitrogen and oxygen atoms in total. The van der Waals surface area contributed by atoms with E-state index in [1.165, 1.54) is 0 Å². The van der Waals surface area contributed by atoms with Crippen LogP contribution in [0.25, 0.3) is 0 Å². The van der Waals surface area contributed by atoms with Gasteiger partial charge in [-0.05, 0) is 13.8 Å². The van der Waals surface area contributed by atoms with Crippen molar-refractivity contribution in [2.75, 3.05) is 0 Å². The Morgan fingerprint density at radius 1 is 1.10 bits per heavy atom. The SMILES string of the molecule is CC.Cc1nc(C)c(C)o1. The van der Waals surface area contributed by atoms with Crippen LogP contribution in [0.15, 0.2) is 4.42 Å². The predicted octanol–water partition coefficient (Wildman–Crippen LogP) is 2.63. The number of nitrogens with zero attached hydrogens (tertiary/aromatic N) is 1. The van der Waals surface area contributed by atoms with Crippen LogP contribution in [0.1, 0.15) is 31.2 Å². The van der Waals surface area contributed by atoms with Crippen molar-refractivity contribution in [3.8, 4) is 0 Å². The highest BCUT2D eigenvalue weighted by atomic mass is 16.4. The minimum absolute atomic E-state index is 0.750. The average Bonchev–Trinajstić information content (AvgIpc) is 2.16. The summed E-state index contributed by atoms with van der Waals surface area (Å²) >= 11 is 0. The Bertz CT molecular complexity index is 172. The largest absolute Gasteiger partial charge is 0.446 e. The number of aromatic nitrogens is 1. The van der Waals surface area contributed by atoms with Gasteiger partial charge in [-0.25, -0.2) is 4.98 Å². The van der Waals surface area contributed by atoms with Gasteiger partial charge in [-0.2, -0.15) is 0 Å². The van der Waals surface area contributed by atoms with E-state index in [0.29, 0.717) is 0 Å². The van der Waals surface area contributed by atoms with E-state index < -0.39 is 0 Å². The van der Waals surface area contributed by atoms with Crippen LogP contribution < -0.4 is 0 Å². The Morgan fingerprint density at radius 2 is 1.60 bits per heavy atom. The molecule has 1 heterocycles. The van der Waals surface area contributed by atoms with Crippen LogP contribution in [0.2, 0.25) is 0 Å². The molecule has 0 saturated heterocycles. The van der Waals surface area contributed by atoms with Gasteiger partial charge in [0.25, 0.3) is 0 Å². The normalized spacial score (nSPS) is 8.50. The van der Waals surface area contributed by atoms with E-state index in [1.807, 2.05) is 34.6 Å². The summed E-state index contributed by atoms with van der Waals surface area (Å²) in [4.78, 5) is 4.04. The topological polar surface area (TPSA) is 26.0 Å². The number of rotatable bonds is 0. The second kappa shape index (κ2) is 4.09. The second-order valence-electron chi connectivity index (χ2n) is 1.87. The number of oxazole rings is 1. The third kappa shape index (κ3) is 2.21. The lowest BCUT2D eigenvalue weighted by Gasteiger charge is -1.77. The number of aryl methyl sites for hydroxylation is 3. The molecule has 58 valence electrons. The van der Waals surface area contributed by atoms with E-state index >= 15 is 0 Å². The monoisotopic (exact) mass is 141 g/mol. The maximum absolute atomic E-state index is 5.10. The zero-order valence-electron chi connectivity index (χ0n) is 7.36. The van der Waals surface area contributed by atoms with Crippen molar-refractivity contribution in [3.05, 3.63) is 17.3 Å². The summed E-state index contributed by atoms with van der Waals surface area (Å²) in [5.74, 6) is 1.67. The number of hydrogen-bond donors (Lipinski definition) is 0. The fourth-order valence-electron chi connectivity index (χ4n) is 0.633. The van der Waals surface area contributed by atoms with E-state index in [9.17, 15) is 0 Å². The molecule has 0 aromatic carbocycles. The van der Waals surface area contributed by atoms with Crippen molar-refractivity contribution in [2.24, 2.45) is 0 Å². The van der Waals surface area contributed by atoms with Gasteiger partial charge >= 0.3 is 0 Å². The first-order chi connectivity index (χ1) is 4.70. The summed E-state index contributed by atoms with van der Waals surface area (Å²) in [7, 11) is 0. The van der Waals surface area contributed by atoms with E-state index in [-0.39, 0.29) is 0 Å². The zero-order chi connectivity index (χ0) is 8.15. The molecule has 2 heteroatoms. The summed E-state index contributed by atoms with van der Waals surface area (Å²) in [6.45, 7) is 9.70. The van der Waals surface area contributed by atoms with Crippen molar-refractivity contribution in [1.82, 2.24) is 4.98 Å². The second-order valence-corrected chi connectivity index (χ2v) is 1.87. The Kier molecular flexibility index (Phi) is 3.77. The lowest BCUT2D eigenvalue weighted by molar-refractivity contribution is 0.493. The van der Waals surface area contributed by atoms with Crippen LogP contribution in [0.4, 0.5) is 0 Å². The predicted molar refractivity (Wildman–Crippen MR) is 42.1 cm³/mol. The van der Waals surface area contributed by atoms with E-state index in [0.717, 1.165) is 17.3 Å². The Morgan fingerprint density at radius 3 is 1.70 bits per heavy atom. The molecule has 0 N–H and O–H groups in total. The molecular formula is C8H15NO. The third-order valence-electron chi connectivity index (χ3n) is 1.14. The minimum atomic E-state index is 0.750. The van der Waals surface area contributed by atoms with Gasteiger partial charge < -0.3 is 4.42 Å². The zero-order valence-corrected chi connectivity index (χ0v) is 7.36. The molecule has 0 aliphatic heterocycles. The van der Waals surface area contributed by atoms with Crippen LogP contribution in [0, 0.1) is 20.8 Å². The maximum atomic E-state index is 5.10. The summed E-state index contributed by atoms with van der Waals surface area (Å²) in [6.07, 6.45) is 0. The van der Waals surface area contributed by atoms with Gasteiger partial charge in [0.15, 0.2) is 5.89 Å². The molecule has 0 aliphatic rings. The van der Waals surface area contributed by atoms with Gasteiger partial charge in [-0.1, -0.05) is 13.8 Å². The van der Waals surface area contributed by atoms with Gasteiger partial charge in [0.1, 0.15) is 5.76 Å². The molecule has 0 amide bonds. The molecule has 0 radical (unpaired) electrons. The maximum Gasteiger partial charge on any atom is 0.191 e. The summed E-state index contributed by atoms with van der Waals surface area (Å²) < 4.78 is 5.10. The van der Waals surface area contributed by atoms with Crippen molar-refractivity contribution in [2.45, 2.75) is 34.6 Å². The molecule has 1 aromatic rings. The molecule has 1 rings (SSSR count). The molecular weight excluding hydrogens is 126 g/mol. The first-order valence-corrected chi connectivity index (χ1v) is 3.61. The Labute approximate surface area is 62.3 Å². The van der Waals surface area contributed by atoms with Gasteiger partial charge in [0.05, 0.1) is 5.69 Å². The summed E-state index contributed by atoms with van der Waals surface area (Å²) in [5, 5.41) is 0.